The fourth-order valence-corrected chi connectivity index (χ4v) is 2.30. The predicted molar refractivity (Wildman–Crippen MR) is 86.1 cm³/mol. The molecule has 0 spiro atoms. The molecule has 0 saturated heterocycles. The fourth-order valence-electron chi connectivity index (χ4n) is 2.30. The molecule has 2 aromatic carbocycles. The minimum Gasteiger partial charge on any atom is -0.494 e. The number of hydrogen-bond acceptors (Lipinski definition) is 1. The monoisotopic (exact) mass is 266 g/mol. The number of hydrogen-bond donors (Lipinski definition) is 0. The first-order valence-electron chi connectivity index (χ1n) is 7.46. The molecule has 2 aromatic rings. The highest BCUT2D eigenvalue weighted by atomic mass is 16.5. The predicted octanol–water partition coefficient (Wildman–Crippen LogP) is 5.17. The molecule has 104 valence electrons. The molecule has 0 heterocycles. The van der Waals surface area contributed by atoms with E-state index in [1.807, 2.05) is 18.2 Å². The summed E-state index contributed by atoms with van der Waals surface area (Å²) in [6.07, 6.45) is 11.7. The Morgan fingerprint density at radius 1 is 0.950 bits per heavy atom. The molecule has 0 saturated carbocycles. The third kappa shape index (κ3) is 4.03. The van der Waals surface area contributed by atoms with Crippen LogP contribution in [0.1, 0.15) is 44.6 Å². The van der Waals surface area contributed by atoms with Crippen LogP contribution in [0.5, 0.6) is 5.75 Å². The van der Waals surface area contributed by atoms with Gasteiger partial charge in [0.1, 0.15) is 5.75 Å². The van der Waals surface area contributed by atoms with Gasteiger partial charge >= 0.3 is 0 Å². The highest BCUT2D eigenvalue weighted by Gasteiger charge is 1.99. The first kappa shape index (κ1) is 14.5. The molecular formula is C19H22O. The number of benzene rings is 2. The summed E-state index contributed by atoms with van der Waals surface area (Å²) >= 11 is 0. The van der Waals surface area contributed by atoms with Crippen molar-refractivity contribution < 1.29 is 4.74 Å². The maximum atomic E-state index is 5.81. The second-order valence-electron chi connectivity index (χ2n) is 5.13. The molecule has 0 radical (unpaired) electrons. The Kier molecular flexibility index (Phi) is 5.50. The van der Waals surface area contributed by atoms with Crippen LogP contribution in [-0.2, 0) is 0 Å². The van der Waals surface area contributed by atoms with E-state index in [0.717, 1.165) is 29.7 Å². The summed E-state index contributed by atoms with van der Waals surface area (Å²) in [6, 6.07) is 12.2. The zero-order chi connectivity index (χ0) is 14.2. The van der Waals surface area contributed by atoms with Crippen LogP contribution < -0.4 is 4.74 Å². The molecule has 0 amide bonds. The maximum Gasteiger partial charge on any atom is 0.119 e. The average molecular weight is 266 g/mol. The maximum absolute atomic E-state index is 5.81. The minimum absolute atomic E-state index is 0.803. The normalized spacial score (nSPS) is 10.4. The van der Waals surface area contributed by atoms with Crippen molar-refractivity contribution in [1.29, 1.82) is 0 Å². The summed E-state index contributed by atoms with van der Waals surface area (Å²) in [6.45, 7) is 3.04. The SMILES string of the molecule is C#Cc1ccc2cc(OCCCCCCC)ccc2c1. The van der Waals surface area contributed by atoms with E-state index >= 15 is 0 Å². The van der Waals surface area contributed by atoms with Gasteiger partial charge in [-0.25, -0.2) is 0 Å². The van der Waals surface area contributed by atoms with Gasteiger partial charge in [-0.1, -0.05) is 50.7 Å². The lowest BCUT2D eigenvalue weighted by Gasteiger charge is -2.07. The number of terminal acetylenes is 1. The minimum atomic E-state index is 0.803. The van der Waals surface area contributed by atoms with Gasteiger partial charge in [0.15, 0.2) is 0 Å². The number of fused-ring (bicyclic) bond motifs is 1. The van der Waals surface area contributed by atoms with Gasteiger partial charge < -0.3 is 4.74 Å². The topological polar surface area (TPSA) is 9.23 Å². The Morgan fingerprint density at radius 2 is 1.70 bits per heavy atom. The molecule has 1 heteroatoms. The second-order valence-corrected chi connectivity index (χ2v) is 5.13. The van der Waals surface area contributed by atoms with E-state index in [2.05, 4.69) is 31.0 Å². The van der Waals surface area contributed by atoms with Crippen LogP contribution in [-0.4, -0.2) is 6.61 Å². The van der Waals surface area contributed by atoms with Gasteiger partial charge in [0.05, 0.1) is 6.61 Å². The number of rotatable bonds is 7. The van der Waals surface area contributed by atoms with E-state index in [1.165, 1.54) is 31.1 Å². The van der Waals surface area contributed by atoms with Gasteiger partial charge in [0.25, 0.3) is 0 Å². The van der Waals surface area contributed by atoms with Gasteiger partial charge in [-0.3, -0.25) is 0 Å². The zero-order valence-corrected chi connectivity index (χ0v) is 12.2. The van der Waals surface area contributed by atoms with Crippen LogP contribution in [0.3, 0.4) is 0 Å². The molecular weight excluding hydrogens is 244 g/mol. The van der Waals surface area contributed by atoms with Crippen molar-refractivity contribution in [1.82, 2.24) is 0 Å². The summed E-state index contributed by atoms with van der Waals surface area (Å²) in [5.74, 6) is 3.61. The van der Waals surface area contributed by atoms with Crippen molar-refractivity contribution in [2.75, 3.05) is 6.61 Å². The lowest BCUT2D eigenvalue weighted by Crippen LogP contribution is -1.97. The van der Waals surface area contributed by atoms with Crippen molar-refractivity contribution >= 4 is 10.8 Å². The molecule has 0 aliphatic rings. The molecule has 0 aliphatic carbocycles. The third-order valence-electron chi connectivity index (χ3n) is 3.49. The van der Waals surface area contributed by atoms with Crippen LogP contribution in [0.15, 0.2) is 36.4 Å². The Hall–Kier alpha value is -1.94. The van der Waals surface area contributed by atoms with E-state index in [0.29, 0.717) is 0 Å². The molecule has 0 N–H and O–H groups in total. The van der Waals surface area contributed by atoms with Crippen molar-refractivity contribution in [2.45, 2.75) is 39.0 Å². The molecule has 2 rings (SSSR count). The summed E-state index contributed by atoms with van der Waals surface area (Å²) in [7, 11) is 0. The first-order valence-corrected chi connectivity index (χ1v) is 7.46. The molecule has 0 aliphatic heterocycles. The Morgan fingerprint density at radius 3 is 2.50 bits per heavy atom. The standard InChI is InChI=1S/C19H22O/c1-3-5-6-7-8-13-20-19-12-11-17-14-16(4-2)9-10-18(17)15-19/h2,9-12,14-15H,3,5-8,13H2,1H3. The van der Waals surface area contributed by atoms with Crippen molar-refractivity contribution in [2.24, 2.45) is 0 Å². The lowest BCUT2D eigenvalue weighted by molar-refractivity contribution is 0.305. The highest BCUT2D eigenvalue weighted by Crippen LogP contribution is 2.22. The Labute approximate surface area is 122 Å². The van der Waals surface area contributed by atoms with E-state index in [4.69, 9.17) is 11.2 Å². The summed E-state index contributed by atoms with van der Waals surface area (Å²) < 4.78 is 5.81. The lowest BCUT2D eigenvalue weighted by atomic mass is 10.1. The third-order valence-corrected chi connectivity index (χ3v) is 3.49. The van der Waals surface area contributed by atoms with E-state index in [-0.39, 0.29) is 0 Å². The summed E-state index contributed by atoms with van der Waals surface area (Å²) in [5, 5.41) is 2.34. The van der Waals surface area contributed by atoms with E-state index < -0.39 is 0 Å². The average Bonchev–Trinajstić information content (AvgIpc) is 2.50. The van der Waals surface area contributed by atoms with Crippen molar-refractivity contribution in [3.05, 3.63) is 42.0 Å². The quantitative estimate of drug-likeness (QED) is 0.496. The molecule has 0 bridgehead atoms. The van der Waals surface area contributed by atoms with Crippen LogP contribution in [0.4, 0.5) is 0 Å². The van der Waals surface area contributed by atoms with Crippen LogP contribution in [0.25, 0.3) is 10.8 Å². The largest absolute Gasteiger partial charge is 0.494 e. The van der Waals surface area contributed by atoms with Crippen LogP contribution in [0, 0.1) is 12.3 Å². The molecule has 0 fully saturated rings. The molecule has 0 aromatic heterocycles. The molecule has 0 atom stereocenters. The van der Waals surface area contributed by atoms with Crippen molar-refractivity contribution in [3.8, 4) is 18.1 Å². The van der Waals surface area contributed by atoms with E-state index in [9.17, 15) is 0 Å². The van der Waals surface area contributed by atoms with Gasteiger partial charge in [-0.15, -0.1) is 6.42 Å². The highest BCUT2D eigenvalue weighted by molar-refractivity contribution is 5.85. The Balaban J connectivity index is 1.90. The summed E-state index contributed by atoms with van der Waals surface area (Å²) in [5.41, 5.74) is 0.919. The van der Waals surface area contributed by atoms with Gasteiger partial charge in [-0.2, -0.15) is 0 Å². The second kappa shape index (κ2) is 7.60. The first-order chi connectivity index (χ1) is 9.83. The number of unbranched alkanes of at least 4 members (excludes halogenated alkanes) is 4. The van der Waals surface area contributed by atoms with Crippen molar-refractivity contribution in [3.63, 3.8) is 0 Å². The fraction of sp³-hybridized carbons (Fsp3) is 0.368. The van der Waals surface area contributed by atoms with Gasteiger partial charge in [0.2, 0.25) is 0 Å². The smallest absolute Gasteiger partial charge is 0.119 e. The molecule has 0 unspecified atom stereocenters. The van der Waals surface area contributed by atoms with Crippen LogP contribution in [0.2, 0.25) is 0 Å². The Bertz CT molecular complexity index is 592. The number of ether oxygens (including phenoxy) is 1. The van der Waals surface area contributed by atoms with Gasteiger partial charge in [0, 0.05) is 5.56 Å². The molecule has 1 nitrogen and oxygen atoms in total. The van der Waals surface area contributed by atoms with Crippen LogP contribution >= 0.6 is 0 Å². The van der Waals surface area contributed by atoms with E-state index in [1.54, 1.807) is 0 Å². The van der Waals surface area contributed by atoms with Gasteiger partial charge in [-0.05, 0) is 41.5 Å². The summed E-state index contributed by atoms with van der Waals surface area (Å²) in [4.78, 5) is 0. The zero-order valence-electron chi connectivity index (χ0n) is 12.2. The molecule has 20 heavy (non-hydrogen) atoms.